The molecule has 1 fully saturated rings. The van der Waals surface area contributed by atoms with Crippen molar-refractivity contribution in [3.63, 3.8) is 0 Å². The fraction of sp³-hybridized carbons (Fsp3) is 0.692. The van der Waals surface area contributed by atoms with Gasteiger partial charge in [0.15, 0.2) is 5.82 Å². The molecule has 1 aliphatic heterocycles. The Morgan fingerprint density at radius 1 is 1.33 bits per heavy atom. The van der Waals surface area contributed by atoms with Crippen molar-refractivity contribution in [3.8, 4) is 0 Å². The summed E-state index contributed by atoms with van der Waals surface area (Å²) in [5.41, 5.74) is 6.00. The monoisotopic (exact) mass is 268 g/mol. The number of nitrogens with two attached hydrogens (primary N) is 1. The summed E-state index contributed by atoms with van der Waals surface area (Å²) < 4.78 is 0. The molecule has 0 aliphatic carbocycles. The van der Waals surface area contributed by atoms with Gasteiger partial charge in [-0.05, 0) is 24.2 Å². The Morgan fingerprint density at radius 3 is 2.50 bits per heavy atom. The molecule has 4 nitrogen and oxygen atoms in total. The van der Waals surface area contributed by atoms with Gasteiger partial charge in [0.25, 0.3) is 0 Å². The Morgan fingerprint density at radius 2 is 1.94 bits per heavy atom. The molecule has 1 saturated heterocycles. The second-order valence-electron chi connectivity index (χ2n) is 6.03. The fourth-order valence-electron chi connectivity index (χ4n) is 2.55. The number of nitrogens with zero attached hydrogens (tertiary/aromatic N) is 3. The van der Waals surface area contributed by atoms with Crippen LogP contribution in [0.2, 0.25) is 5.02 Å². The van der Waals surface area contributed by atoms with E-state index in [-0.39, 0.29) is 5.95 Å². The first-order chi connectivity index (χ1) is 8.38. The largest absolute Gasteiger partial charge is 0.368 e. The lowest BCUT2D eigenvalue weighted by atomic mass is 9.75. The zero-order valence-electron chi connectivity index (χ0n) is 11.3. The van der Waals surface area contributed by atoms with E-state index in [1.54, 1.807) is 6.20 Å². The van der Waals surface area contributed by atoms with Gasteiger partial charge < -0.3 is 10.6 Å². The molecule has 2 heterocycles. The minimum atomic E-state index is 0.285. The quantitative estimate of drug-likeness (QED) is 0.851. The van der Waals surface area contributed by atoms with Crippen LogP contribution in [-0.2, 0) is 0 Å². The zero-order valence-corrected chi connectivity index (χ0v) is 12.0. The summed E-state index contributed by atoms with van der Waals surface area (Å²) in [5, 5.41) is 0.582. The van der Waals surface area contributed by atoms with Crippen molar-refractivity contribution >= 4 is 23.4 Å². The zero-order chi connectivity index (χ0) is 13.3. The Kier molecular flexibility index (Phi) is 3.66. The summed E-state index contributed by atoms with van der Waals surface area (Å²) in [6, 6.07) is 0. The van der Waals surface area contributed by atoms with Crippen LogP contribution < -0.4 is 10.6 Å². The van der Waals surface area contributed by atoms with Crippen LogP contribution in [0.3, 0.4) is 0 Å². The topological polar surface area (TPSA) is 55.0 Å². The molecule has 2 N–H and O–H groups in total. The van der Waals surface area contributed by atoms with Crippen molar-refractivity contribution in [1.82, 2.24) is 9.97 Å². The predicted molar refractivity (Wildman–Crippen MR) is 75.8 cm³/mol. The average molecular weight is 269 g/mol. The Labute approximate surface area is 114 Å². The van der Waals surface area contributed by atoms with Gasteiger partial charge in [0, 0.05) is 13.1 Å². The van der Waals surface area contributed by atoms with Gasteiger partial charge in [-0.25, -0.2) is 4.98 Å². The molecular formula is C13H21ClN4. The van der Waals surface area contributed by atoms with Gasteiger partial charge in [0.05, 0.1) is 6.20 Å². The molecule has 0 amide bonds. The van der Waals surface area contributed by atoms with Crippen LogP contribution in [-0.4, -0.2) is 23.1 Å². The molecule has 0 saturated carbocycles. The number of hydrogen-bond donors (Lipinski definition) is 1. The molecule has 0 radical (unpaired) electrons. The lowest BCUT2D eigenvalue weighted by Crippen LogP contribution is -2.38. The fourth-order valence-corrected chi connectivity index (χ4v) is 2.76. The Hall–Kier alpha value is -1.03. The van der Waals surface area contributed by atoms with Crippen LogP contribution in [0, 0.1) is 11.3 Å². The van der Waals surface area contributed by atoms with E-state index >= 15 is 0 Å². The SMILES string of the molecule is CC(C)(C)C1CCN(c2nc(N)ncc2Cl)CC1. The summed E-state index contributed by atoms with van der Waals surface area (Å²) in [4.78, 5) is 10.4. The summed E-state index contributed by atoms with van der Waals surface area (Å²) in [5.74, 6) is 1.82. The van der Waals surface area contributed by atoms with Gasteiger partial charge in [-0.1, -0.05) is 32.4 Å². The number of hydrogen-bond acceptors (Lipinski definition) is 4. The van der Waals surface area contributed by atoms with Gasteiger partial charge in [-0.3, -0.25) is 0 Å². The highest BCUT2D eigenvalue weighted by Gasteiger charge is 2.29. The maximum atomic E-state index is 6.13. The van der Waals surface area contributed by atoms with Crippen molar-refractivity contribution in [2.75, 3.05) is 23.7 Å². The van der Waals surface area contributed by atoms with Crippen molar-refractivity contribution < 1.29 is 0 Å². The standard InChI is InChI=1S/C13H21ClN4/c1-13(2,3)9-4-6-18(7-5-9)11-10(14)8-16-12(15)17-11/h8-9H,4-7H2,1-3H3,(H2,15,16,17). The number of rotatable bonds is 1. The van der Waals surface area contributed by atoms with E-state index in [1.165, 1.54) is 12.8 Å². The molecule has 100 valence electrons. The summed E-state index contributed by atoms with van der Waals surface area (Å²) in [7, 11) is 0. The lowest BCUT2D eigenvalue weighted by molar-refractivity contribution is 0.198. The smallest absolute Gasteiger partial charge is 0.222 e. The second kappa shape index (κ2) is 4.92. The summed E-state index contributed by atoms with van der Waals surface area (Å²) >= 11 is 6.13. The van der Waals surface area contributed by atoms with Crippen molar-refractivity contribution in [3.05, 3.63) is 11.2 Å². The Bertz CT molecular complexity index is 419. The van der Waals surface area contributed by atoms with E-state index in [0.717, 1.165) is 24.8 Å². The van der Waals surface area contributed by atoms with Gasteiger partial charge in [-0.2, -0.15) is 4.98 Å². The van der Waals surface area contributed by atoms with Crippen molar-refractivity contribution in [2.45, 2.75) is 33.6 Å². The molecule has 1 aromatic heterocycles. The van der Waals surface area contributed by atoms with Crippen LogP contribution in [0.1, 0.15) is 33.6 Å². The maximum Gasteiger partial charge on any atom is 0.222 e. The van der Waals surface area contributed by atoms with Crippen LogP contribution in [0.15, 0.2) is 6.20 Å². The molecule has 0 aromatic carbocycles. The molecular weight excluding hydrogens is 248 g/mol. The minimum Gasteiger partial charge on any atom is -0.368 e. The minimum absolute atomic E-state index is 0.285. The molecule has 1 aliphatic rings. The van der Waals surface area contributed by atoms with E-state index in [1.807, 2.05) is 0 Å². The molecule has 0 spiro atoms. The first-order valence-corrected chi connectivity index (χ1v) is 6.78. The van der Waals surface area contributed by atoms with E-state index in [0.29, 0.717) is 10.4 Å². The van der Waals surface area contributed by atoms with Crippen LogP contribution in [0.25, 0.3) is 0 Å². The molecule has 0 atom stereocenters. The number of anilines is 2. The molecule has 2 rings (SSSR count). The number of halogens is 1. The third kappa shape index (κ3) is 2.86. The normalized spacial score (nSPS) is 18.1. The lowest BCUT2D eigenvalue weighted by Gasteiger charge is -2.39. The van der Waals surface area contributed by atoms with Gasteiger partial charge in [0.1, 0.15) is 5.02 Å². The van der Waals surface area contributed by atoms with Crippen LogP contribution in [0.5, 0.6) is 0 Å². The highest BCUT2D eigenvalue weighted by molar-refractivity contribution is 6.32. The summed E-state index contributed by atoms with van der Waals surface area (Å²) in [6.45, 7) is 8.89. The first-order valence-electron chi connectivity index (χ1n) is 6.41. The predicted octanol–water partition coefficient (Wildman–Crippen LogP) is 2.97. The molecule has 0 unspecified atom stereocenters. The van der Waals surface area contributed by atoms with E-state index in [2.05, 4.69) is 35.6 Å². The molecule has 0 bridgehead atoms. The highest BCUT2D eigenvalue weighted by atomic mass is 35.5. The van der Waals surface area contributed by atoms with Crippen molar-refractivity contribution in [1.29, 1.82) is 0 Å². The van der Waals surface area contributed by atoms with E-state index < -0.39 is 0 Å². The number of piperidine rings is 1. The Balaban J connectivity index is 2.08. The van der Waals surface area contributed by atoms with Gasteiger partial charge in [0.2, 0.25) is 5.95 Å². The van der Waals surface area contributed by atoms with Crippen molar-refractivity contribution in [2.24, 2.45) is 11.3 Å². The highest BCUT2D eigenvalue weighted by Crippen LogP contribution is 2.36. The van der Waals surface area contributed by atoms with E-state index in [4.69, 9.17) is 17.3 Å². The maximum absolute atomic E-state index is 6.13. The molecule has 5 heteroatoms. The third-order valence-corrected chi connectivity index (χ3v) is 4.03. The first kappa shape index (κ1) is 13.4. The van der Waals surface area contributed by atoms with Crippen LogP contribution in [0.4, 0.5) is 11.8 Å². The number of nitrogen functional groups attached to an aromatic ring is 1. The van der Waals surface area contributed by atoms with E-state index in [9.17, 15) is 0 Å². The van der Waals surface area contributed by atoms with Gasteiger partial charge >= 0.3 is 0 Å². The molecule has 18 heavy (non-hydrogen) atoms. The van der Waals surface area contributed by atoms with Gasteiger partial charge in [-0.15, -0.1) is 0 Å². The summed E-state index contributed by atoms with van der Waals surface area (Å²) in [6.07, 6.45) is 3.92. The average Bonchev–Trinajstić information content (AvgIpc) is 2.31. The number of aromatic nitrogens is 2. The molecule has 1 aromatic rings. The van der Waals surface area contributed by atoms with Crippen LogP contribution >= 0.6 is 11.6 Å². The second-order valence-corrected chi connectivity index (χ2v) is 6.43. The third-order valence-electron chi connectivity index (χ3n) is 3.76.